The van der Waals surface area contributed by atoms with Crippen LogP contribution in [0.15, 0.2) is 70.1 Å². The molecule has 0 unspecified atom stereocenters. The van der Waals surface area contributed by atoms with Crippen molar-refractivity contribution in [3.63, 3.8) is 0 Å². The van der Waals surface area contributed by atoms with Gasteiger partial charge in [0, 0.05) is 17.6 Å². The number of rotatable bonds is 4. The maximum Gasteiger partial charge on any atom is 0.0610 e. The smallest absolute Gasteiger partial charge is 0.0610 e. The minimum atomic E-state index is 0.801. The van der Waals surface area contributed by atoms with E-state index in [1.165, 1.54) is 16.3 Å². The van der Waals surface area contributed by atoms with Crippen LogP contribution in [0.25, 0.3) is 16.8 Å². The fourth-order valence-corrected chi connectivity index (χ4v) is 3.00. The third kappa shape index (κ3) is 3.60. The molecule has 0 aliphatic carbocycles. The van der Waals surface area contributed by atoms with Crippen LogP contribution in [0.5, 0.6) is 0 Å². The number of benzene rings is 3. The van der Waals surface area contributed by atoms with Gasteiger partial charge < -0.3 is 5.32 Å². The molecule has 0 bridgehead atoms. The maximum atomic E-state index is 3.59. The van der Waals surface area contributed by atoms with Crippen molar-refractivity contribution < 1.29 is 0 Å². The molecule has 3 aromatic carbocycles. The standard InChI is InChI=1S/C19H15Br2N/c20-18(21)12-16-11-10-15-8-4-5-9-17(15)19(16)22-13-14-6-2-1-3-7-14/h1-12,22H,13H2. The Morgan fingerprint density at radius 1 is 0.864 bits per heavy atom. The van der Waals surface area contributed by atoms with Gasteiger partial charge in [-0.25, -0.2) is 0 Å². The van der Waals surface area contributed by atoms with E-state index in [4.69, 9.17) is 0 Å². The lowest BCUT2D eigenvalue weighted by Crippen LogP contribution is -2.01. The van der Waals surface area contributed by atoms with Crippen LogP contribution in [0.1, 0.15) is 11.1 Å². The van der Waals surface area contributed by atoms with Crippen molar-refractivity contribution >= 4 is 54.4 Å². The molecule has 3 heteroatoms. The zero-order valence-corrected chi connectivity index (χ0v) is 15.1. The van der Waals surface area contributed by atoms with E-state index in [0.29, 0.717) is 0 Å². The Bertz CT molecular complexity index is 806. The molecule has 0 saturated carbocycles. The minimum Gasteiger partial charge on any atom is -0.380 e. The van der Waals surface area contributed by atoms with E-state index in [9.17, 15) is 0 Å². The Hall–Kier alpha value is -1.58. The Kier molecular flexibility index (Phi) is 4.96. The summed E-state index contributed by atoms with van der Waals surface area (Å²) in [4.78, 5) is 0. The van der Waals surface area contributed by atoms with Crippen LogP contribution in [-0.4, -0.2) is 0 Å². The summed E-state index contributed by atoms with van der Waals surface area (Å²) in [5, 5.41) is 6.06. The molecule has 22 heavy (non-hydrogen) atoms. The van der Waals surface area contributed by atoms with Crippen molar-refractivity contribution in [1.82, 2.24) is 0 Å². The van der Waals surface area contributed by atoms with Crippen molar-refractivity contribution in [1.29, 1.82) is 0 Å². The van der Waals surface area contributed by atoms with E-state index in [-0.39, 0.29) is 0 Å². The fraction of sp³-hybridized carbons (Fsp3) is 0.0526. The molecule has 0 spiro atoms. The van der Waals surface area contributed by atoms with Gasteiger partial charge in [-0.3, -0.25) is 0 Å². The Morgan fingerprint density at radius 2 is 1.59 bits per heavy atom. The van der Waals surface area contributed by atoms with Gasteiger partial charge in [-0.2, -0.15) is 0 Å². The van der Waals surface area contributed by atoms with Gasteiger partial charge in [0.15, 0.2) is 0 Å². The molecule has 1 N–H and O–H groups in total. The lowest BCUT2D eigenvalue weighted by molar-refractivity contribution is 1.15. The molecule has 0 aromatic heterocycles. The van der Waals surface area contributed by atoms with Gasteiger partial charge in [0.05, 0.1) is 3.39 Å². The highest BCUT2D eigenvalue weighted by Gasteiger charge is 2.06. The van der Waals surface area contributed by atoms with Gasteiger partial charge in [-0.05, 0) is 54.4 Å². The molecule has 1 nitrogen and oxygen atoms in total. The molecule has 0 aliphatic heterocycles. The first-order valence-electron chi connectivity index (χ1n) is 7.06. The summed E-state index contributed by atoms with van der Waals surface area (Å²) < 4.78 is 0.929. The largest absolute Gasteiger partial charge is 0.380 e. The van der Waals surface area contributed by atoms with Crippen LogP contribution in [0.2, 0.25) is 0 Å². The summed E-state index contributed by atoms with van der Waals surface area (Å²) in [6.45, 7) is 0.801. The molecule has 0 fully saturated rings. The van der Waals surface area contributed by atoms with Crippen LogP contribution in [0, 0.1) is 0 Å². The number of hydrogen-bond acceptors (Lipinski definition) is 1. The molecule has 0 atom stereocenters. The molecule has 0 radical (unpaired) electrons. The van der Waals surface area contributed by atoms with Crippen molar-refractivity contribution in [3.8, 4) is 0 Å². The number of nitrogens with one attached hydrogen (secondary N) is 1. The van der Waals surface area contributed by atoms with Crippen LogP contribution in [-0.2, 0) is 6.54 Å². The van der Waals surface area contributed by atoms with Gasteiger partial charge in [0.25, 0.3) is 0 Å². The predicted octanol–water partition coefficient (Wildman–Crippen LogP) is 6.54. The highest BCUT2D eigenvalue weighted by molar-refractivity contribution is 9.28. The van der Waals surface area contributed by atoms with E-state index < -0.39 is 0 Å². The molecule has 110 valence electrons. The summed E-state index contributed by atoms with van der Waals surface area (Å²) in [5.74, 6) is 0. The summed E-state index contributed by atoms with van der Waals surface area (Å²) in [6, 6.07) is 23.2. The highest BCUT2D eigenvalue weighted by Crippen LogP contribution is 2.31. The molecular formula is C19H15Br2N. The second-order valence-corrected chi connectivity index (χ2v) is 7.80. The average Bonchev–Trinajstić information content (AvgIpc) is 2.54. The SMILES string of the molecule is BrC(Br)=Cc1ccc2ccccc2c1NCc1ccccc1. The summed E-state index contributed by atoms with van der Waals surface area (Å²) in [7, 11) is 0. The van der Waals surface area contributed by atoms with E-state index in [0.717, 1.165) is 21.2 Å². The third-order valence-electron chi connectivity index (χ3n) is 3.54. The fourth-order valence-electron chi connectivity index (χ4n) is 2.51. The van der Waals surface area contributed by atoms with E-state index >= 15 is 0 Å². The Balaban J connectivity index is 2.02. The summed E-state index contributed by atoms with van der Waals surface area (Å²) in [5.41, 5.74) is 3.57. The highest BCUT2D eigenvalue weighted by atomic mass is 79.9. The molecule has 3 aromatic rings. The Labute approximate surface area is 147 Å². The Morgan fingerprint density at radius 3 is 2.36 bits per heavy atom. The van der Waals surface area contributed by atoms with Gasteiger partial charge in [-0.1, -0.05) is 66.7 Å². The summed E-state index contributed by atoms with van der Waals surface area (Å²) in [6.07, 6.45) is 2.07. The predicted molar refractivity (Wildman–Crippen MR) is 104 cm³/mol. The normalized spacial score (nSPS) is 10.5. The first kappa shape index (κ1) is 15.3. The van der Waals surface area contributed by atoms with Crippen LogP contribution < -0.4 is 5.32 Å². The molecule has 0 amide bonds. The molecule has 0 aliphatic rings. The number of fused-ring (bicyclic) bond motifs is 1. The average molecular weight is 417 g/mol. The van der Waals surface area contributed by atoms with Gasteiger partial charge >= 0.3 is 0 Å². The number of anilines is 1. The number of hydrogen-bond donors (Lipinski definition) is 1. The molecular weight excluding hydrogens is 402 g/mol. The van der Waals surface area contributed by atoms with E-state index in [1.54, 1.807) is 0 Å². The quantitative estimate of drug-likeness (QED) is 0.509. The van der Waals surface area contributed by atoms with Crippen molar-refractivity contribution in [2.24, 2.45) is 0 Å². The van der Waals surface area contributed by atoms with Crippen LogP contribution >= 0.6 is 31.9 Å². The minimum absolute atomic E-state index is 0.801. The van der Waals surface area contributed by atoms with Crippen molar-refractivity contribution in [3.05, 3.63) is 81.2 Å². The number of halogens is 2. The van der Waals surface area contributed by atoms with Gasteiger partial charge in [0.1, 0.15) is 0 Å². The zero-order valence-electron chi connectivity index (χ0n) is 11.9. The zero-order chi connectivity index (χ0) is 15.4. The van der Waals surface area contributed by atoms with E-state index in [2.05, 4.69) is 104 Å². The van der Waals surface area contributed by atoms with Gasteiger partial charge in [-0.15, -0.1) is 0 Å². The molecule has 0 saturated heterocycles. The topological polar surface area (TPSA) is 12.0 Å². The van der Waals surface area contributed by atoms with Gasteiger partial charge in [0.2, 0.25) is 0 Å². The van der Waals surface area contributed by atoms with Crippen LogP contribution in [0.4, 0.5) is 5.69 Å². The van der Waals surface area contributed by atoms with Crippen LogP contribution in [0.3, 0.4) is 0 Å². The first-order valence-corrected chi connectivity index (χ1v) is 8.65. The van der Waals surface area contributed by atoms with E-state index in [1.807, 2.05) is 6.07 Å². The molecule has 0 heterocycles. The third-order valence-corrected chi connectivity index (χ3v) is 4.00. The maximum absolute atomic E-state index is 3.59. The first-order chi connectivity index (χ1) is 10.7. The van der Waals surface area contributed by atoms with Crippen molar-refractivity contribution in [2.75, 3.05) is 5.32 Å². The second kappa shape index (κ2) is 7.12. The lowest BCUT2D eigenvalue weighted by Gasteiger charge is -2.14. The lowest BCUT2D eigenvalue weighted by atomic mass is 10.0. The molecule has 3 rings (SSSR count). The summed E-state index contributed by atoms with van der Waals surface area (Å²) >= 11 is 6.91. The second-order valence-electron chi connectivity index (χ2n) is 5.02. The monoisotopic (exact) mass is 415 g/mol. The van der Waals surface area contributed by atoms with Crippen molar-refractivity contribution in [2.45, 2.75) is 6.54 Å².